The van der Waals surface area contributed by atoms with Gasteiger partial charge < -0.3 is 9.63 Å². The smallest absolute Gasteiger partial charge is 0.307 e. The third kappa shape index (κ3) is 2.62. The van der Waals surface area contributed by atoms with Gasteiger partial charge in [-0.25, -0.2) is 0 Å². The number of halogens is 1. The fourth-order valence-corrected chi connectivity index (χ4v) is 2.69. The molecule has 0 radical (unpaired) electrons. The predicted octanol–water partition coefficient (Wildman–Crippen LogP) is 3.38. The van der Waals surface area contributed by atoms with Gasteiger partial charge in [0.25, 0.3) is 0 Å². The largest absolute Gasteiger partial charge is 0.481 e. The quantitative estimate of drug-likeness (QED) is 0.929. The van der Waals surface area contributed by atoms with E-state index in [4.69, 9.17) is 9.63 Å². The molecule has 0 aliphatic rings. The number of carbonyl (C=O) groups is 1. The van der Waals surface area contributed by atoms with Crippen molar-refractivity contribution in [3.05, 3.63) is 21.8 Å². The summed E-state index contributed by atoms with van der Waals surface area (Å²) >= 11 is 4.86. The van der Waals surface area contributed by atoms with Crippen LogP contribution in [0.1, 0.15) is 25.7 Å². The lowest BCUT2D eigenvalue weighted by Crippen LogP contribution is -2.16. The van der Waals surface area contributed by atoms with E-state index in [1.54, 1.807) is 13.8 Å². The zero-order valence-corrected chi connectivity index (χ0v) is 12.2. The van der Waals surface area contributed by atoms with Gasteiger partial charge in [0.05, 0.1) is 14.6 Å². The van der Waals surface area contributed by atoms with Gasteiger partial charge in [0.2, 0.25) is 11.7 Å². The van der Waals surface area contributed by atoms with E-state index >= 15 is 0 Å². The van der Waals surface area contributed by atoms with Crippen molar-refractivity contribution >= 4 is 33.2 Å². The van der Waals surface area contributed by atoms with Crippen LogP contribution in [0.15, 0.2) is 20.4 Å². The lowest BCUT2D eigenvalue weighted by Gasteiger charge is -2.10. The first-order valence-corrected chi connectivity index (χ1v) is 6.92. The van der Waals surface area contributed by atoms with Gasteiger partial charge in [-0.15, -0.1) is 11.3 Å². The third-order valence-electron chi connectivity index (χ3n) is 2.76. The van der Waals surface area contributed by atoms with E-state index < -0.39 is 11.9 Å². The van der Waals surface area contributed by atoms with Crippen LogP contribution in [-0.2, 0) is 4.79 Å². The van der Waals surface area contributed by atoms with Crippen LogP contribution in [0.25, 0.3) is 10.7 Å². The van der Waals surface area contributed by atoms with E-state index in [1.807, 2.05) is 12.1 Å². The molecule has 18 heavy (non-hydrogen) atoms. The zero-order valence-electron chi connectivity index (χ0n) is 9.75. The van der Waals surface area contributed by atoms with E-state index in [-0.39, 0.29) is 5.92 Å². The Morgan fingerprint density at radius 3 is 2.78 bits per heavy atom. The molecule has 2 aromatic heterocycles. The van der Waals surface area contributed by atoms with Gasteiger partial charge in [0.1, 0.15) is 0 Å². The molecule has 2 heterocycles. The summed E-state index contributed by atoms with van der Waals surface area (Å²) < 4.78 is 6.11. The van der Waals surface area contributed by atoms with Crippen LogP contribution in [0.5, 0.6) is 0 Å². The summed E-state index contributed by atoms with van der Waals surface area (Å²) in [7, 11) is 0. The lowest BCUT2D eigenvalue weighted by molar-refractivity contribution is -0.141. The second kappa shape index (κ2) is 5.19. The molecule has 7 heteroatoms. The summed E-state index contributed by atoms with van der Waals surface area (Å²) in [5.74, 6) is -0.906. The Kier molecular flexibility index (Phi) is 3.82. The first-order valence-electron chi connectivity index (χ1n) is 5.31. The number of carboxylic acids is 1. The Balaban J connectivity index is 2.23. The molecule has 2 atom stereocenters. The van der Waals surface area contributed by atoms with Crippen LogP contribution in [0.3, 0.4) is 0 Å². The van der Waals surface area contributed by atoms with Gasteiger partial charge in [-0.05, 0) is 28.1 Å². The molecule has 1 N–H and O–H groups in total. The number of aromatic nitrogens is 2. The highest BCUT2D eigenvalue weighted by molar-refractivity contribution is 9.11. The molecular weight excluding hydrogens is 320 g/mol. The average Bonchev–Trinajstić information content (AvgIpc) is 2.95. The van der Waals surface area contributed by atoms with Crippen molar-refractivity contribution in [1.82, 2.24) is 10.1 Å². The number of hydrogen-bond donors (Lipinski definition) is 1. The maximum atomic E-state index is 10.9. The van der Waals surface area contributed by atoms with Crippen LogP contribution < -0.4 is 0 Å². The number of hydrogen-bond acceptors (Lipinski definition) is 5. The van der Waals surface area contributed by atoms with Crippen LogP contribution in [0, 0.1) is 5.92 Å². The van der Waals surface area contributed by atoms with Crippen molar-refractivity contribution in [2.45, 2.75) is 19.8 Å². The molecule has 5 nitrogen and oxygen atoms in total. The topological polar surface area (TPSA) is 76.2 Å². The van der Waals surface area contributed by atoms with Crippen molar-refractivity contribution in [3.63, 3.8) is 0 Å². The van der Waals surface area contributed by atoms with Gasteiger partial charge in [0, 0.05) is 5.92 Å². The number of carboxylic acid groups (broad SMARTS) is 1. The first-order chi connectivity index (χ1) is 8.49. The molecule has 0 amide bonds. The van der Waals surface area contributed by atoms with E-state index in [9.17, 15) is 4.79 Å². The second-order valence-corrected chi connectivity index (χ2v) is 6.44. The van der Waals surface area contributed by atoms with Gasteiger partial charge in [-0.3, -0.25) is 4.79 Å². The number of aliphatic carboxylic acids is 1. The zero-order chi connectivity index (χ0) is 13.3. The highest BCUT2D eigenvalue weighted by atomic mass is 79.9. The standard InChI is InChI=1S/C11H11BrN2O3S/c1-5(6(2)11(15)16)10-13-9(14-17-10)7-3-4-8(12)18-7/h3-6H,1-2H3,(H,15,16). The molecule has 0 fully saturated rings. The molecule has 0 saturated heterocycles. The monoisotopic (exact) mass is 330 g/mol. The molecule has 0 saturated carbocycles. The summed E-state index contributed by atoms with van der Waals surface area (Å²) in [6.07, 6.45) is 0. The Morgan fingerprint density at radius 2 is 2.22 bits per heavy atom. The summed E-state index contributed by atoms with van der Waals surface area (Å²) in [4.78, 5) is 16.0. The maximum Gasteiger partial charge on any atom is 0.307 e. The molecule has 0 aliphatic carbocycles. The molecule has 2 unspecified atom stereocenters. The maximum absolute atomic E-state index is 10.9. The number of nitrogens with zero attached hydrogens (tertiary/aromatic N) is 2. The predicted molar refractivity (Wildman–Crippen MR) is 70.5 cm³/mol. The van der Waals surface area contributed by atoms with Crippen molar-refractivity contribution in [2.75, 3.05) is 0 Å². The highest BCUT2D eigenvalue weighted by Crippen LogP contribution is 2.31. The van der Waals surface area contributed by atoms with Gasteiger partial charge >= 0.3 is 5.97 Å². The van der Waals surface area contributed by atoms with E-state index in [1.165, 1.54) is 11.3 Å². The van der Waals surface area contributed by atoms with Gasteiger partial charge in [-0.2, -0.15) is 4.98 Å². The second-order valence-electron chi connectivity index (χ2n) is 3.98. The van der Waals surface area contributed by atoms with Crippen LogP contribution in [0.4, 0.5) is 0 Å². The summed E-state index contributed by atoms with van der Waals surface area (Å²) in [6, 6.07) is 3.79. The van der Waals surface area contributed by atoms with Crippen LogP contribution in [-0.4, -0.2) is 21.2 Å². The SMILES string of the molecule is CC(C(=O)O)C(C)c1nc(-c2ccc(Br)s2)no1. The van der Waals surface area contributed by atoms with Gasteiger partial charge in [-0.1, -0.05) is 19.0 Å². The number of thiophene rings is 1. The molecule has 0 bridgehead atoms. The normalized spacial score (nSPS) is 14.4. The molecule has 0 spiro atoms. The molecule has 2 rings (SSSR count). The summed E-state index contributed by atoms with van der Waals surface area (Å²) in [6.45, 7) is 3.39. The average molecular weight is 331 g/mol. The third-order valence-corrected chi connectivity index (χ3v) is 4.38. The van der Waals surface area contributed by atoms with Crippen molar-refractivity contribution in [2.24, 2.45) is 5.92 Å². The van der Waals surface area contributed by atoms with Gasteiger partial charge in [0.15, 0.2) is 0 Å². The molecular formula is C11H11BrN2O3S. The first kappa shape index (κ1) is 13.2. The Morgan fingerprint density at radius 1 is 1.50 bits per heavy atom. The fourth-order valence-electron chi connectivity index (χ4n) is 1.38. The van der Waals surface area contributed by atoms with E-state index in [2.05, 4.69) is 26.1 Å². The van der Waals surface area contributed by atoms with E-state index in [0.717, 1.165) is 8.66 Å². The Labute approximate surface area is 116 Å². The van der Waals surface area contributed by atoms with E-state index in [0.29, 0.717) is 11.7 Å². The highest BCUT2D eigenvalue weighted by Gasteiger charge is 2.26. The minimum Gasteiger partial charge on any atom is -0.481 e. The molecule has 96 valence electrons. The lowest BCUT2D eigenvalue weighted by atomic mass is 9.96. The molecule has 0 aromatic carbocycles. The molecule has 0 aliphatic heterocycles. The van der Waals surface area contributed by atoms with Crippen molar-refractivity contribution in [1.29, 1.82) is 0 Å². The fraction of sp³-hybridized carbons (Fsp3) is 0.364. The Bertz CT molecular complexity index is 566. The Hall–Kier alpha value is -1.21. The summed E-state index contributed by atoms with van der Waals surface area (Å²) in [5, 5.41) is 12.8. The minimum atomic E-state index is -0.874. The van der Waals surface area contributed by atoms with Crippen LogP contribution >= 0.6 is 27.3 Å². The minimum absolute atomic E-state index is 0.313. The molecule has 2 aromatic rings. The summed E-state index contributed by atoms with van der Waals surface area (Å²) in [5.41, 5.74) is 0. The van der Waals surface area contributed by atoms with Crippen molar-refractivity contribution < 1.29 is 14.4 Å². The number of rotatable bonds is 4. The van der Waals surface area contributed by atoms with Crippen molar-refractivity contribution in [3.8, 4) is 10.7 Å². The van der Waals surface area contributed by atoms with Crippen LogP contribution in [0.2, 0.25) is 0 Å².